The molecule has 1 amide bonds. The molecule has 0 N–H and O–H groups in total. The van der Waals surface area contributed by atoms with Gasteiger partial charge in [-0.3, -0.25) is 14.9 Å². The van der Waals surface area contributed by atoms with Crippen LogP contribution in [0.4, 0.5) is 5.69 Å². The number of fused-ring (bicyclic) bond motifs is 1. The lowest BCUT2D eigenvalue weighted by atomic mass is 10.1. The molecule has 1 aromatic heterocycles. The molecule has 23 heavy (non-hydrogen) atoms. The van der Waals surface area contributed by atoms with Crippen molar-refractivity contribution in [3.05, 3.63) is 50.2 Å². The number of hydrogen-bond donors (Lipinski definition) is 0. The minimum Gasteiger partial charge on any atom is -0.486 e. The third kappa shape index (κ3) is 3.11. The molecule has 7 nitrogen and oxygen atoms in total. The highest BCUT2D eigenvalue weighted by Crippen LogP contribution is 2.37. The number of ether oxygens (including phenoxy) is 2. The van der Waals surface area contributed by atoms with Gasteiger partial charge in [-0.25, -0.2) is 0 Å². The highest BCUT2D eigenvalue weighted by Gasteiger charge is 2.28. The van der Waals surface area contributed by atoms with Crippen LogP contribution in [0.1, 0.15) is 15.9 Å². The highest BCUT2D eigenvalue weighted by molar-refractivity contribution is 7.07. The number of benzene rings is 1. The van der Waals surface area contributed by atoms with Gasteiger partial charge in [0.15, 0.2) is 11.5 Å². The summed E-state index contributed by atoms with van der Waals surface area (Å²) < 4.78 is 10.8. The first-order valence-corrected chi connectivity index (χ1v) is 7.85. The molecular formula is C15H14N2O5S. The molecule has 0 spiro atoms. The van der Waals surface area contributed by atoms with E-state index in [-0.39, 0.29) is 11.3 Å². The van der Waals surface area contributed by atoms with E-state index in [1.165, 1.54) is 28.4 Å². The van der Waals surface area contributed by atoms with Crippen LogP contribution >= 0.6 is 11.3 Å². The topological polar surface area (TPSA) is 81.9 Å². The van der Waals surface area contributed by atoms with Crippen LogP contribution in [-0.2, 0) is 6.54 Å². The van der Waals surface area contributed by atoms with Crippen LogP contribution in [0.15, 0.2) is 29.0 Å². The van der Waals surface area contributed by atoms with Crippen LogP contribution in [0.5, 0.6) is 11.5 Å². The van der Waals surface area contributed by atoms with Gasteiger partial charge in [-0.05, 0) is 22.4 Å². The lowest BCUT2D eigenvalue weighted by molar-refractivity contribution is -0.385. The monoisotopic (exact) mass is 334 g/mol. The number of hydrogen-bond acceptors (Lipinski definition) is 6. The number of nitro benzene ring substituents is 1. The van der Waals surface area contributed by atoms with Crippen LogP contribution in [0.3, 0.4) is 0 Å². The number of nitro groups is 1. The van der Waals surface area contributed by atoms with Crippen molar-refractivity contribution in [2.75, 3.05) is 20.3 Å². The van der Waals surface area contributed by atoms with Gasteiger partial charge in [0.2, 0.25) is 0 Å². The Labute approximate surface area is 136 Å². The fourth-order valence-corrected chi connectivity index (χ4v) is 2.99. The molecule has 0 saturated carbocycles. The summed E-state index contributed by atoms with van der Waals surface area (Å²) in [4.78, 5) is 24.8. The second-order valence-corrected chi connectivity index (χ2v) is 5.84. The zero-order chi connectivity index (χ0) is 16.4. The fourth-order valence-electron chi connectivity index (χ4n) is 2.33. The van der Waals surface area contributed by atoms with Gasteiger partial charge < -0.3 is 14.4 Å². The zero-order valence-electron chi connectivity index (χ0n) is 12.4. The van der Waals surface area contributed by atoms with Crippen molar-refractivity contribution < 1.29 is 19.2 Å². The van der Waals surface area contributed by atoms with E-state index in [4.69, 9.17) is 9.47 Å². The Balaban J connectivity index is 1.93. The van der Waals surface area contributed by atoms with Gasteiger partial charge in [-0.2, -0.15) is 11.3 Å². The van der Waals surface area contributed by atoms with Crippen LogP contribution in [0, 0.1) is 10.1 Å². The third-order valence-electron chi connectivity index (χ3n) is 3.43. The van der Waals surface area contributed by atoms with E-state index in [0.29, 0.717) is 31.3 Å². The average Bonchev–Trinajstić information content (AvgIpc) is 3.05. The summed E-state index contributed by atoms with van der Waals surface area (Å²) in [6.45, 7) is 1.06. The number of carbonyl (C=O) groups is 1. The summed E-state index contributed by atoms with van der Waals surface area (Å²) in [6, 6.07) is 4.55. The van der Waals surface area contributed by atoms with Crippen molar-refractivity contribution >= 4 is 22.9 Å². The highest BCUT2D eigenvalue weighted by atomic mass is 32.1. The van der Waals surface area contributed by atoms with Gasteiger partial charge >= 0.3 is 0 Å². The summed E-state index contributed by atoms with van der Waals surface area (Å²) in [5.74, 6) is 0.217. The van der Waals surface area contributed by atoms with Gasteiger partial charge in [0.25, 0.3) is 11.6 Å². The van der Waals surface area contributed by atoms with Crippen molar-refractivity contribution in [1.29, 1.82) is 0 Å². The van der Waals surface area contributed by atoms with E-state index in [9.17, 15) is 14.9 Å². The predicted octanol–water partition coefficient (Wildman–Crippen LogP) is 2.70. The van der Waals surface area contributed by atoms with E-state index >= 15 is 0 Å². The van der Waals surface area contributed by atoms with E-state index in [1.54, 1.807) is 7.05 Å². The maximum absolute atomic E-state index is 12.6. The van der Waals surface area contributed by atoms with Crippen LogP contribution in [0.25, 0.3) is 0 Å². The first-order valence-electron chi connectivity index (χ1n) is 6.91. The number of amides is 1. The first-order chi connectivity index (χ1) is 11.1. The Morgan fingerprint density at radius 3 is 2.65 bits per heavy atom. The first kappa shape index (κ1) is 15.3. The molecule has 0 unspecified atom stereocenters. The Kier molecular flexibility index (Phi) is 4.16. The quantitative estimate of drug-likeness (QED) is 0.634. The average molecular weight is 334 g/mol. The summed E-state index contributed by atoms with van der Waals surface area (Å²) in [5, 5.41) is 15.1. The molecule has 0 fully saturated rings. The molecular weight excluding hydrogens is 320 g/mol. The summed E-state index contributed by atoms with van der Waals surface area (Å²) in [7, 11) is 1.61. The maximum atomic E-state index is 12.6. The molecule has 0 saturated heterocycles. The molecule has 1 aromatic carbocycles. The summed E-state index contributed by atoms with van der Waals surface area (Å²) in [5.41, 5.74) is 0.694. The van der Waals surface area contributed by atoms with Crippen molar-refractivity contribution in [2.45, 2.75) is 6.54 Å². The fraction of sp³-hybridized carbons (Fsp3) is 0.267. The molecule has 1 aliphatic heterocycles. The van der Waals surface area contributed by atoms with Crippen molar-refractivity contribution in [2.24, 2.45) is 0 Å². The van der Waals surface area contributed by atoms with Crippen LogP contribution in [-0.4, -0.2) is 36.0 Å². The molecule has 8 heteroatoms. The Morgan fingerprint density at radius 1 is 1.35 bits per heavy atom. The lowest BCUT2D eigenvalue weighted by Crippen LogP contribution is -2.27. The Morgan fingerprint density at radius 2 is 2.04 bits per heavy atom. The zero-order valence-corrected chi connectivity index (χ0v) is 13.2. The van der Waals surface area contributed by atoms with Gasteiger partial charge in [-0.1, -0.05) is 0 Å². The lowest BCUT2D eigenvalue weighted by Gasteiger charge is -2.21. The standard InChI is InChI=1S/C15H14N2O5S/c1-16(8-10-2-5-23-9-10)15(18)11-6-13-14(22-4-3-21-13)7-12(11)17(19)20/h2,5-7,9H,3-4,8H2,1H3. The van der Waals surface area contributed by atoms with Crippen LogP contribution < -0.4 is 9.47 Å². The van der Waals surface area contributed by atoms with Gasteiger partial charge in [0, 0.05) is 19.7 Å². The van der Waals surface area contributed by atoms with Gasteiger partial charge in [0.05, 0.1) is 11.0 Å². The SMILES string of the molecule is CN(Cc1ccsc1)C(=O)c1cc2c(cc1[N+](=O)[O-])OCCO2. The molecule has 2 heterocycles. The van der Waals surface area contributed by atoms with Crippen molar-refractivity contribution in [3.8, 4) is 11.5 Å². The molecule has 1 aliphatic rings. The largest absolute Gasteiger partial charge is 0.486 e. The number of nitrogens with zero attached hydrogens (tertiary/aromatic N) is 2. The smallest absolute Gasteiger partial charge is 0.286 e. The van der Waals surface area contributed by atoms with Crippen molar-refractivity contribution in [3.63, 3.8) is 0 Å². The molecule has 0 bridgehead atoms. The predicted molar refractivity (Wildman–Crippen MR) is 84.2 cm³/mol. The minimum atomic E-state index is -0.579. The second kappa shape index (κ2) is 6.25. The van der Waals surface area contributed by atoms with Crippen LogP contribution in [0.2, 0.25) is 0 Å². The number of thiophene rings is 1. The molecule has 120 valence electrons. The molecule has 0 atom stereocenters. The summed E-state index contributed by atoms with van der Waals surface area (Å²) >= 11 is 1.53. The number of carbonyl (C=O) groups excluding carboxylic acids is 1. The van der Waals surface area contributed by atoms with E-state index in [2.05, 4.69) is 0 Å². The molecule has 0 aliphatic carbocycles. The Bertz CT molecular complexity index is 745. The van der Waals surface area contributed by atoms with E-state index in [1.807, 2.05) is 16.8 Å². The second-order valence-electron chi connectivity index (χ2n) is 5.06. The molecule has 3 rings (SSSR count). The van der Waals surface area contributed by atoms with E-state index in [0.717, 1.165) is 5.56 Å². The summed E-state index contributed by atoms with van der Waals surface area (Å²) in [6.07, 6.45) is 0. The minimum absolute atomic E-state index is 0.00280. The molecule has 0 radical (unpaired) electrons. The third-order valence-corrected chi connectivity index (χ3v) is 4.17. The van der Waals surface area contributed by atoms with E-state index < -0.39 is 10.8 Å². The normalized spacial score (nSPS) is 12.7. The van der Waals surface area contributed by atoms with Gasteiger partial charge in [0.1, 0.15) is 18.8 Å². The molecule has 2 aromatic rings. The Hall–Kier alpha value is -2.61. The maximum Gasteiger partial charge on any atom is 0.286 e. The van der Waals surface area contributed by atoms with Crippen molar-refractivity contribution in [1.82, 2.24) is 4.90 Å². The number of rotatable bonds is 4. The van der Waals surface area contributed by atoms with Gasteiger partial charge in [-0.15, -0.1) is 0 Å².